The zero-order valence-electron chi connectivity index (χ0n) is 11.0. The van der Waals surface area contributed by atoms with Gasteiger partial charge in [-0.05, 0) is 31.2 Å². The van der Waals surface area contributed by atoms with Crippen molar-refractivity contribution < 1.29 is 22.3 Å². The molecule has 21 heavy (non-hydrogen) atoms. The van der Waals surface area contributed by atoms with Gasteiger partial charge in [-0.3, -0.25) is 0 Å². The number of hydrogen-bond acceptors (Lipinski definition) is 3. The highest BCUT2D eigenvalue weighted by Crippen LogP contribution is 2.34. The van der Waals surface area contributed by atoms with E-state index in [1.807, 2.05) is 6.92 Å². The zero-order chi connectivity index (χ0) is 15.5. The maximum atomic E-state index is 13.2. The molecule has 0 atom stereocenters. The maximum Gasteiger partial charge on any atom is 0.419 e. The van der Waals surface area contributed by atoms with Crippen LogP contribution in [0.1, 0.15) is 12.5 Å². The average molecular weight is 300 g/mol. The highest BCUT2D eigenvalue weighted by Gasteiger charge is 2.34. The molecule has 0 aliphatic rings. The van der Waals surface area contributed by atoms with E-state index in [1.165, 1.54) is 12.3 Å². The molecule has 2 aromatic rings. The molecule has 0 saturated carbocycles. The highest BCUT2D eigenvalue weighted by molar-refractivity contribution is 5.43. The minimum Gasteiger partial charge on any atom is -0.457 e. The van der Waals surface area contributed by atoms with Crippen molar-refractivity contribution in [1.29, 1.82) is 0 Å². The van der Waals surface area contributed by atoms with Crippen LogP contribution in [0.2, 0.25) is 0 Å². The summed E-state index contributed by atoms with van der Waals surface area (Å²) in [6.45, 7) is 2.52. The van der Waals surface area contributed by atoms with Crippen molar-refractivity contribution in [3.63, 3.8) is 0 Å². The fourth-order valence-corrected chi connectivity index (χ4v) is 1.67. The molecular formula is C14H12F4N2O. The Hall–Kier alpha value is -2.31. The Morgan fingerprint density at radius 1 is 1.14 bits per heavy atom. The molecule has 2 rings (SSSR count). The predicted molar refractivity (Wildman–Crippen MR) is 69.9 cm³/mol. The summed E-state index contributed by atoms with van der Waals surface area (Å²) in [7, 11) is 0. The fraction of sp³-hybridized carbons (Fsp3) is 0.214. The molecule has 1 aromatic heterocycles. The maximum absolute atomic E-state index is 13.2. The molecule has 7 heteroatoms. The van der Waals surface area contributed by atoms with Crippen molar-refractivity contribution in [2.75, 3.05) is 11.9 Å². The molecule has 0 unspecified atom stereocenters. The molecule has 0 aliphatic heterocycles. The summed E-state index contributed by atoms with van der Waals surface area (Å²) >= 11 is 0. The standard InChI is InChI=1S/C14H12F4N2O/c1-2-19-13-8-10(5-6-20-13)21-9-3-4-12(15)11(7-9)14(16,17)18/h3-8H,2H2,1H3,(H,19,20). The molecule has 1 heterocycles. The van der Waals surface area contributed by atoms with Gasteiger partial charge in [0.25, 0.3) is 0 Å². The predicted octanol–water partition coefficient (Wildman–Crippen LogP) is 4.46. The second-order valence-corrected chi connectivity index (χ2v) is 4.15. The fourth-order valence-electron chi connectivity index (χ4n) is 1.67. The van der Waals surface area contributed by atoms with Crippen LogP contribution in [0.3, 0.4) is 0 Å². The summed E-state index contributed by atoms with van der Waals surface area (Å²) < 4.78 is 56.3. The Labute approximate surface area is 118 Å². The highest BCUT2D eigenvalue weighted by atomic mass is 19.4. The van der Waals surface area contributed by atoms with Crippen LogP contribution in [0.4, 0.5) is 23.4 Å². The van der Waals surface area contributed by atoms with Gasteiger partial charge in [0, 0.05) is 18.8 Å². The third-order valence-corrected chi connectivity index (χ3v) is 2.57. The quantitative estimate of drug-likeness (QED) is 0.846. The molecule has 0 radical (unpaired) electrons. The lowest BCUT2D eigenvalue weighted by Crippen LogP contribution is -2.08. The number of alkyl halides is 3. The topological polar surface area (TPSA) is 34.1 Å². The Bertz CT molecular complexity index is 629. The van der Waals surface area contributed by atoms with Crippen LogP contribution in [0, 0.1) is 5.82 Å². The lowest BCUT2D eigenvalue weighted by atomic mass is 10.2. The number of halogens is 4. The second kappa shape index (κ2) is 5.99. The largest absolute Gasteiger partial charge is 0.457 e. The SMILES string of the molecule is CCNc1cc(Oc2ccc(F)c(C(F)(F)F)c2)ccn1. The van der Waals surface area contributed by atoms with Crippen LogP contribution in [0.25, 0.3) is 0 Å². The molecule has 0 amide bonds. The van der Waals surface area contributed by atoms with Gasteiger partial charge in [-0.25, -0.2) is 9.37 Å². The smallest absolute Gasteiger partial charge is 0.419 e. The first-order valence-electron chi connectivity index (χ1n) is 6.14. The lowest BCUT2D eigenvalue weighted by molar-refractivity contribution is -0.140. The number of anilines is 1. The minimum atomic E-state index is -4.77. The first-order valence-corrected chi connectivity index (χ1v) is 6.14. The molecule has 0 fully saturated rings. The van der Waals surface area contributed by atoms with Gasteiger partial charge >= 0.3 is 6.18 Å². The summed E-state index contributed by atoms with van der Waals surface area (Å²) in [5.41, 5.74) is -1.36. The van der Waals surface area contributed by atoms with E-state index in [4.69, 9.17) is 4.74 Å². The van der Waals surface area contributed by atoms with Gasteiger partial charge in [0.2, 0.25) is 0 Å². The molecular weight excluding hydrogens is 288 g/mol. The molecule has 0 bridgehead atoms. The van der Waals surface area contributed by atoms with E-state index >= 15 is 0 Å². The van der Waals surface area contributed by atoms with Crippen LogP contribution in [-0.4, -0.2) is 11.5 Å². The van der Waals surface area contributed by atoms with E-state index in [-0.39, 0.29) is 5.75 Å². The van der Waals surface area contributed by atoms with E-state index < -0.39 is 17.6 Å². The normalized spacial score (nSPS) is 11.3. The van der Waals surface area contributed by atoms with Crippen molar-refractivity contribution in [2.45, 2.75) is 13.1 Å². The molecule has 3 nitrogen and oxygen atoms in total. The molecule has 0 spiro atoms. The van der Waals surface area contributed by atoms with Crippen molar-refractivity contribution in [3.8, 4) is 11.5 Å². The third-order valence-electron chi connectivity index (χ3n) is 2.57. The number of rotatable bonds is 4. The van der Waals surface area contributed by atoms with Crippen molar-refractivity contribution >= 4 is 5.82 Å². The minimum absolute atomic E-state index is 0.0997. The van der Waals surface area contributed by atoms with Crippen LogP contribution >= 0.6 is 0 Å². The molecule has 0 saturated heterocycles. The van der Waals surface area contributed by atoms with Gasteiger partial charge in [-0.1, -0.05) is 0 Å². The Kier molecular flexibility index (Phi) is 4.30. The van der Waals surface area contributed by atoms with Gasteiger partial charge in [-0.2, -0.15) is 13.2 Å². The number of aromatic nitrogens is 1. The number of pyridine rings is 1. The average Bonchev–Trinajstić information content (AvgIpc) is 2.40. The third kappa shape index (κ3) is 3.84. The van der Waals surface area contributed by atoms with Crippen molar-refractivity contribution in [3.05, 3.63) is 47.9 Å². The second-order valence-electron chi connectivity index (χ2n) is 4.15. The molecule has 112 valence electrons. The van der Waals surface area contributed by atoms with E-state index in [0.29, 0.717) is 24.2 Å². The number of benzene rings is 1. The van der Waals surface area contributed by atoms with Gasteiger partial charge in [-0.15, -0.1) is 0 Å². The summed E-state index contributed by atoms with van der Waals surface area (Å²) in [6, 6.07) is 5.53. The summed E-state index contributed by atoms with van der Waals surface area (Å²) in [5, 5.41) is 2.95. The Morgan fingerprint density at radius 3 is 2.52 bits per heavy atom. The molecule has 0 aliphatic carbocycles. The molecule has 1 aromatic carbocycles. The van der Waals surface area contributed by atoms with E-state index in [2.05, 4.69) is 10.3 Å². The zero-order valence-corrected chi connectivity index (χ0v) is 11.0. The summed E-state index contributed by atoms with van der Waals surface area (Å²) in [4.78, 5) is 4.01. The van der Waals surface area contributed by atoms with Crippen molar-refractivity contribution in [1.82, 2.24) is 4.98 Å². The van der Waals surface area contributed by atoms with E-state index in [0.717, 1.165) is 12.1 Å². The van der Waals surface area contributed by atoms with E-state index in [9.17, 15) is 17.6 Å². The number of ether oxygens (including phenoxy) is 1. The van der Waals surface area contributed by atoms with Crippen LogP contribution in [-0.2, 0) is 6.18 Å². The number of nitrogens with zero attached hydrogens (tertiary/aromatic N) is 1. The number of nitrogens with one attached hydrogen (secondary N) is 1. The summed E-state index contributed by atoms with van der Waals surface area (Å²) in [6.07, 6.45) is -3.31. The van der Waals surface area contributed by atoms with Crippen LogP contribution in [0.15, 0.2) is 36.5 Å². The van der Waals surface area contributed by atoms with Crippen LogP contribution in [0.5, 0.6) is 11.5 Å². The first-order chi connectivity index (χ1) is 9.90. The number of hydrogen-bond donors (Lipinski definition) is 1. The van der Waals surface area contributed by atoms with Gasteiger partial charge in [0.05, 0.1) is 5.56 Å². The summed E-state index contributed by atoms with van der Waals surface area (Å²) in [5.74, 6) is -0.593. The lowest BCUT2D eigenvalue weighted by Gasteiger charge is -2.11. The molecule has 1 N–H and O–H groups in total. The Balaban J connectivity index is 2.26. The van der Waals surface area contributed by atoms with E-state index in [1.54, 1.807) is 6.07 Å². The Morgan fingerprint density at radius 2 is 1.86 bits per heavy atom. The monoisotopic (exact) mass is 300 g/mol. The van der Waals surface area contributed by atoms with Gasteiger partial charge in [0.15, 0.2) is 0 Å². The van der Waals surface area contributed by atoms with Gasteiger partial charge < -0.3 is 10.1 Å². The van der Waals surface area contributed by atoms with Crippen LogP contribution < -0.4 is 10.1 Å². The van der Waals surface area contributed by atoms with Gasteiger partial charge in [0.1, 0.15) is 23.1 Å². The van der Waals surface area contributed by atoms with Crippen molar-refractivity contribution in [2.24, 2.45) is 0 Å². The first kappa shape index (κ1) is 15.1.